The number of rotatable bonds is 8. The fourth-order valence-corrected chi connectivity index (χ4v) is 3.31. The number of hydrogen-bond donors (Lipinski definition) is 1. The third-order valence-corrected chi connectivity index (χ3v) is 4.64. The van der Waals surface area contributed by atoms with Crippen molar-refractivity contribution in [2.24, 2.45) is 0 Å². The number of para-hydroxylation sites is 2. The quantitative estimate of drug-likeness (QED) is 0.736. The van der Waals surface area contributed by atoms with Gasteiger partial charge in [-0.2, -0.15) is 0 Å². The van der Waals surface area contributed by atoms with Crippen LogP contribution in [0.1, 0.15) is 12.7 Å². The van der Waals surface area contributed by atoms with Crippen LogP contribution in [0.3, 0.4) is 0 Å². The number of β-amino-alcohol motifs (C(OH)–C–C–N with tert-alkyl or cyclic N) is 1. The van der Waals surface area contributed by atoms with Crippen molar-refractivity contribution < 1.29 is 9.84 Å². The predicted octanol–water partition coefficient (Wildman–Crippen LogP) is 1.18. The number of fused-ring (bicyclic) bond motifs is 1. The van der Waals surface area contributed by atoms with Gasteiger partial charge in [-0.15, -0.1) is 0 Å². The lowest BCUT2D eigenvalue weighted by Crippen LogP contribution is -2.46. The zero-order valence-corrected chi connectivity index (χ0v) is 14.5. The molecule has 1 aromatic heterocycles. The first-order valence-electron chi connectivity index (χ1n) is 8.89. The number of aromatic nitrogens is 2. The van der Waals surface area contributed by atoms with Gasteiger partial charge in [0.1, 0.15) is 5.82 Å². The molecule has 1 aliphatic rings. The Kier molecular flexibility index (Phi) is 6.20. The van der Waals surface area contributed by atoms with Gasteiger partial charge in [-0.3, -0.25) is 9.80 Å². The first-order chi connectivity index (χ1) is 11.8. The number of nitrogens with zero attached hydrogens (tertiary/aromatic N) is 4. The maximum Gasteiger partial charge on any atom is 0.124 e. The van der Waals surface area contributed by atoms with Crippen molar-refractivity contribution in [1.82, 2.24) is 19.4 Å². The zero-order valence-electron chi connectivity index (χ0n) is 14.5. The summed E-state index contributed by atoms with van der Waals surface area (Å²) in [7, 11) is 0. The standard InChI is InChI=1S/C18H28N4O2/c1-2-24-14-12-22-17-6-4-3-5-16(17)19-18(22)15-21-9-7-20(8-10-21)11-13-23/h3-6,23H,2,7-15H2,1H3. The summed E-state index contributed by atoms with van der Waals surface area (Å²) < 4.78 is 7.85. The molecule has 0 atom stereocenters. The molecule has 6 heteroatoms. The van der Waals surface area contributed by atoms with Crippen molar-refractivity contribution in [3.8, 4) is 0 Å². The number of benzene rings is 1. The molecule has 0 bridgehead atoms. The van der Waals surface area contributed by atoms with Gasteiger partial charge in [-0.1, -0.05) is 12.1 Å². The summed E-state index contributed by atoms with van der Waals surface area (Å²) in [5.74, 6) is 1.12. The molecule has 0 spiro atoms. The minimum atomic E-state index is 0.243. The predicted molar refractivity (Wildman–Crippen MR) is 95.0 cm³/mol. The normalized spacial score (nSPS) is 16.9. The second kappa shape index (κ2) is 8.58. The molecule has 24 heavy (non-hydrogen) atoms. The molecule has 0 saturated carbocycles. The second-order valence-corrected chi connectivity index (χ2v) is 6.21. The number of imidazole rings is 1. The van der Waals surface area contributed by atoms with Gasteiger partial charge in [0, 0.05) is 45.9 Å². The number of hydrogen-bond acceptors (Lipinski definition) is 5. The average Bonchev–Trinajstić information content (AvgIpc) is 2.95. The van der Waals surface area contributed by atoms with Crippen molar-refractivity contribution in [3.05, 3.63) is 30.1 Å². The van der Waals surface area contributed by atoms with E-state index in [9.17, 15) is 0 Å². The third-order valence-electron chi connectivity index (χ3n) is 4.64. The molecule has 1 aromatic carbocycles. The molecule has 6 nitrogen and oxygen atoms in total. The maximum atomic E-state index is 9.06. The third kappa shape index (κ3) is 4.13. The highest BCUT2D eigenvalue weighted by molar-refractivity contribution is 5.75. The van der Waals surface area contributed by atoms with E-state index in [0.29, 0.717) is 6.61 Å². The highest BCUT2D eigenvalue weighted by Crippen LogP contribution is 2.18. The Bertz CT molecular complexity index is 635. The molecule has 0 radical (unpaired) electrons. The van der Waals surface area contributed by atoms with Crippen LogP contribution >= 0.6 is 0 Å². The Morgan fingerprint density at radius 2 is 1.83 bits per heavy atom. The van der Waals surface area contributed by atoms with Gasteiger partial charge < -0.3 is 14.4 Å². The van der Waals surface area contributed by atoms with Crippen molar-refractivity contribution in [2.45, 2.75) is 20.0 Å². The monoisotopic (exact) mass is 332 g/mol. The summed E-state index contributed by atoms with van der Waals surface area (Å²) in [6.07, 6.45) is 0. The van der Waals surface area contributed by atoms with E-state index in [1.54, 1.807) is 0 Å². The molecule has 1 saturated heterocycles. The van der Waals surface area contributed by atoms with Gasteiger partial charge >= 0.3 is 0 Å². The van der Waals surface area contributed by atoms with Crippen LogP contribution in [0.25, 0.3) is 11.0 Å². The lowest BCUT2D eigenvalue weighted by molar-refractivity contribution is 0.105. The molecule has 132 valence electrons. The lowest BCUT2D eigenvalue weighted by Gasteiger charge is -2.34. The first-order valence-corrected chi connectivity index (χ1v) is 8.89. The number of piperazine rings is 1. The summed E-state index contributed by atoms with van der Waals surface area (Å²) in [6.45, 7) is 10.3. The topological polar surface area (TPSA) is 53.8 Å². The molecule has 0 unspecified atom stereocenters. The highest BCUT2D eigenvalue weighted by atomic mass is 16.5. The molecule has 1 N–H and O–H groups in total. The van der Waals surface area contributed by atoms with Gasteiger partial charge in [0.15, 0.2) is 0 Å². The summed E-state index contributed by atoms with van der Waals surface area (Å²) in [6, 6.07) is 8.32. The molecule has 1 fully saturated rings. The van der Waals surface area contributed by atoms with Crippen molar-refractivity contribution >= 4 is 11.0 Å². The van der Waals surface area contributed by atoms with E-state index in [4.69, 9.17) is 14.8 Å². The fraction of sp³-hybridized carbons (Fsp3) is 0.611. The minimum absolute atomic E-state index is 0.243. The summed E-state index contributed by atoms with van der Waals surface area (Å²) in [4.78, 5) is 9.62. The Morgan fingerprint density at radius 1 is 1.08 bits per heavy atom. The Labute approximate surface area is 143 Å². The molecule has 2 aromatic rings. The summed E-state index contributed by atoms with van der Waals surface area (Å²) in [5, 5.41) is 9.06. The first kappa shape index (κ1) is 17.4. The summed E-state index contributed by atoms with van der Waals surface area (Å²) in [5.41, 5.74) is 2.24. The molecule has 1 aliphatic heterocycles. The van der Waals surface area contributed by atoms with Gasteiger partial charge in [-0.05, 0) is 19.1 Å². The van der Waals surface area contributed by atoms with Crippen molar-refractivity contribution in [2.75, 3.05) is 52.5 Å². The van der Waals surface area contributed by atoms with Crippen molar-refractivity contribution in [3.63, 3.8) is 0 Å². The zero-order chi connectivity index (χ0) is 16.8. The maximum absolute atomic E-state index is 9.06. The second-order valence-electron chi connectivity index (χ2n) is 6.21. The van der Waals surface area contributed by atoms with Crippen LogP contribution in [0.2, 0.25) is 0 Å². The minimum Gasteiger partial charge on any atom is -0.395 e. The van der Waals surface area contributed by atoms with E-state index in [2.05, 4.69) is 32.6 Å². The fourth-order valence-electron chi connectivity index (χ4n) is 3.31. The van der Waals surface area contributed by atoms with E-state index in [1.807, 2.05) is 13.0 Å². The molecule has 0 aliphatic carbocycles. The van der Waals surface area contributed by atoms with E-state index < -0.39 is 0 Å². The molecule has 2 heterocycles. The van der Waals surface area contributed by atoms with Crippen LogP contribution in [-0.4, -0.2) is 77.0 Å². The van der Waals surface area contributed by atoms with Crippen molar-refractivity contribution in [1.29, 1.82) is 0 Å². The molecule has 3 rings (SSSR count). The highest BCUT2D eigenvalue weighted by Gasteiger charge is 2.19. The largest absolute Gasteiger partial charge is 0.395 e. The van der Waals surface area contributed by atoms with Crippen LogP contribution in [0.5, 0.6) is 0 Å². The molecular formula is C18H28N4O2. The van der Waals surface area contributed by atoms with Crippen LogP contribution < -0.4 is 0 Å². The van der Waals surface area contributed by atoms with Crippen LogP contribution in [0.4, 0.5) is 0 Å². The Morgan fingerprint density at radius 3 is 2.58 bits per heavy atom. The van der Waals surface area contributed by atoms with Gasteiger partial charge in [0.2, 0.25) is 0 Å². The van der Waals surface area contributed by atoms with Crippen LogP contribution in [-0.2, 0) is 17.8 Å². The van der Waals surface area contributed by atoms with E-state index in [-0.39, 0.29) is 6.61 Å². The molecule has 0 amide bonds. The number of ether oxygens (including phenoxy) is 1. The summed E-state index contributed by atoms with van der Waals surface area (Å²) >= 11 is 0. The lowest BCUT2D eigenvalue weighted by atomic mass is 10.3. The number of aliphatic hydroxyl groups excluding tert-OH is 1. The van der Waals surface area contributed by atoms with E-state index in [0.717, 1.165) is 63.8 Å². The van der Waals surface area contributed by atoms with Crippen LogP contribution in [0.15, 0.2) is 24.3 Å². The molecular weight excluding hydrogens is 304 g/mol. The SMILES string of the molecule is CCOCCn1c(CN2CCN(CCO)CC2)nc2ccccc21. The smallest absolute Gasteiger partial charge is 0.124 e. The average molecular weight is 332 g/mol. The van der Waals surface area contributed by atoms with E-state index >= 15 is 0 Å². The van der Waals surface area contributed by atoms with Gasteiger partial charge in [-0.25, -0.2) is 4.98 Å². The van der Waals surface area contributed by atoms with Gasteiger partial charge in [0.25, 0.3) is 0 Å². The van der Waals surface area contributed by atoms with Gasteiger partial charge in [0.05, 0.1) is 30.8 Å². The Hall–Kier alpha value is -1.47. The van der Waals surface area contributed by atoms with Crippen LogP contribution in [0, 0.1) is 0 Å². The van der Waals surface area contributed by atoms with E-state index in [1.165, 1.54) is 5.52 Å². The Balaban J connectivity index is 1.70. The number of aliphatic hydroxyl groups is 1.